The summed E-state index contributed by atoms with van der Waals surface area (Å²) < 4.78 is 0. The summed E-state index contributed by atoms with van der Waals surface area (Å²) in [5.41, 5.74) is 1.67. The van der Waals surface area contributed by atoms with Crippen LogP contribution in [-0.2, 0) is 9.59 Å². The molecule has 2 bridgehead atoms. The molecule has 1 aromatic rings. The van der Waals surface area contributed by atoms with E-state index in [1.807, 2.05) is 6.92 Å². The normalized spacial score (nSPS) is 32.4. The topological polar surface area (TPSA) is 77.5 Å². The lowest BCUT2D eigenvalue weighted by atomic mass is 9.82. The maximum absolute atomic E-state index is 12.7. The minimum absolute atomic E-state index is 0.0284. The molecule has 1 aliphatic heterocycles. The first kappa shape index (κ1) is 13.2. The highest BCUT2D eigenvalue weighted by atomic mass is 16.4. The van der Waals surface area contributed by atoms with E-state index >= 15 is 0 Å². The Kier molecular flexibility index (Phi) is 2.58. The smallest absolute Gasteiger partial charge is 0.238 e. The van der Waals surface area contributed by atoms with Crippen molar-refractivity contribution < 1.29 is 19.5 Å². The summed E-state index contributed by atoms with van der Waals surface area (Å²) in [5.74, 6) is -1.74. The third-order valence-corrected chi connectivity index (χ3v) is 5.24. The number of carbonyl (C=O) groups excluding carboxylic acids is 3. The van der Waals surface area contributed by atoms with Gasteiger partial charge in [0.2, 0.25) is 11.8 Å². The van der Waals surface area contributed by atoms with Crippen LogP contribution in [0.15, 0.2) is 35.9 Å². The summed E-state index contributed by atoms with van der Waals surface area (Å²) in [6, 6.07) is 5.70. The molecular weight excluding hydrogens is 282 g/mol. The van der Waals surface area contributed by atoms with Crippen molar-refractivity contribution in [3.63, 3.8) is 0 Å². The third kappa shape index (κ3) is 1.56. The Morgan fingerprint density at radius 1 is 1.14 bits per heavy atom. The fraction of sp³-hybridized carbons (Fsp3) is 0.353. The number of carboxylic acid groups (broad SMARTS) is 1. The van der Waals surface area contributed by atoms with Crippen molar-refractivity contribution in [3.8, 4) is 0 Å². The molecule has 2 amide bonds. The van der Waals surface area contributed by atoms with Crippen molar-refractivity contribution in [2.45, 2.75) is 13.3 Å². The molecule has 0 spiro atoms. The molecule has 3 aliphatic rings. The molecule has 1 aromatic carbocycles. The van der Waals surface area contributed by atoms with Gasteiger partial charge < -0.3 is 9.90 Å². The predicted molar refractivity (Wildman–Crippen MR) is 75.6 cm³/mol. The van der Waals surface area contributed by atoms with Gasteiger partial charge in [-0.05, 0) is 42.9 Å². The molecule has 4 rings (SSSR count). The highest BCUT2D eigenvalue weighted by molar-refractivity contribution is 6.22. The van der Waals surface area contributed by atoms with E-state index in [9.17, 15) is 19.5 Å². The van der Waals surface area contributed by atoms with E-state index in [4.69, 9.17) is 0 Å². The van der Waals surface area contributed by atoms with Gasteiger partial charge >= 0.3 is 0 Å². The van der Waals surface area contributed by atoms with Crippen LogP contribution in [0.5, 0.6) is 0 Å². The van der Waals surface area contributed by atoms with E-state index in [2.05, 4.69) is 6.08 Å². The third-order valence-electron chi connectivity index (χ3n) is 5.24. The molecule has 22 heavy (non-hydrogen) atoms. The zero-order valence-electron chi connectivity index (χ0n) is 12.0. The lowest BCUT2D eigenvalue weighted by Gasteiger charge is -2.19. The Labute approximate surface area is 127 Å². The van der Waals surface area contributed by atoms with Crippen LogP contribution in [0.2, 0.25) is 0 Å². The zero-order chi connectivity index (χ0) is 15.6. The minimum Gasteiger partial charge on any atom is -0.545 e. The fourth-order valence-electron chi connectivity index (χ4n) is 4.28. The number of rotatable bonds is 2. The van der Waals surface area contributed by atoms with E-state index in [-0.39, 0.29) is 41.0 Å². The molecule has 1 saturated heterocycles. The van der Waals surface area contributed by atoms with E-state index in [0.717, 1.165) is 6.42 Å². The Bertz CT molecular complexity index is 734. The molecule has 112 valence electrons. The zero-order valence-corrected chi connectivity index (χ0v) is 12.0. The predicted octanol–water partition coefficient (Wildman–Crippen LogP) is 0.752. The number of benzene rings is 1. The molecule has 0 radical (unpaired) electrons. The number of hydrogen-bond acceptors (Lipinski definition) is 4. The molecule has 4 atom stereocenters. The van der Waals surface area contributed by atoms with Gasteiger partial charge in [0.25, 0.3) is 0 Å². The second kappa shape index (κ2) is 4.29. The Morgan fingerprint density at radius 3 is 2.41 bits per heavy atom. The number of fused-ring (bicyclic) bond motifs is 5. The van der Waals surface area contributed by atoms with E-state index in [0.29, 0.717) is 5.69 Å². The van der Waals surface area contributed by atoms with Crippen LogP contribution in [0.4, 0.5) is 5.69 Å². The lowest BCUT2D eigenvalue weighted by molar-refractivity contribution is -0.255. The molecule has 1 heterocycles. The summed E-state index contributed by atoms with van der Waals surface area (Å²) in [5, 5.41) is 10.8. The summed E-state index contributed by atoms with van der Waals surface area (Å²) in [6.07, 6.45) is 3.02. The first-order valence-electron chi connectivity index (χ1n) is 7.36. The summed E-state index contributed by atoms with van der Waals surface area (Å²) in [7, 11) is 0. The number of aromatic carboxylic acids is 1. The molecule has 2 fully saturated rings. The molecule has 5 heteroatoms. The van der Waals surface area contributed by atoms with Gasteiger partial charge in [-0.1, -0.05) is 23.8 Å². The SMILES string of the molecule is CC1=C[C@H]2C[C@@H]1[C@H]1C(=O)N(c3ccc(C(=O)[O-])cc3)C(=O)[C@@H]12. The van der Waals surface area contributed by atoms with Gasteiger partial charge in [-0.15, -0.1) is 0 Å². The summed E-state index contributed by atoms with van der Waals surface area (Å²) in [4.78, 5) is 37.4. The average Bonchev–Trinajstić information content (AvgIpc) is 3.11. The lowest BCUT2D eigenvalue weighted by Crippen LogP contribution is -2.33. The molecule has 1 saturated carbocycles. The molecule has 2 aliphatic carbocycles. The van der Waals surface area contributed by atoms with Crippen molar-refractivity contribution in [1.29, 1.82) is 0 Å². The molecule has 0 unspecified atom stereocenters. The van der Waals surface area contributed by atoms with Gasteiger partial charge in [0.05, 0.1) is 23.5 Å². The first-order valence-corrected chi connectivity index (χ1v) is 7.36. The highest BCUT2D eigenvalue weighted by Gasteiger charge is 2.60. The van der Waals surface area contributed by atoms with E-state index in [1.165, 1.54) is 34.7 Å². The number of allylic oxidation sites excluding steroid dienone is 2. The van der Waals surface area contributed by atoms with Crippen molar-refractivity contribution >= 4 is 23.5 Å². The fourth-order valence-corrected chi connectivity index (χ4v) is 4.28. The number of nitrogens with zero attached hydrogens (tertiary/aromatic N) is 1. The average molecular weight is 296 g/mol. The Hall–Kier alpha value is -2.43. The van der Waals surface area contributed by atoms with Crippen molar-refractivity contribution in [2.24, 2.45) is 23.7 Å². The Morgan fingerprint density at radius 2 is 1.77 bits per heavy atom. The minimum atomic E-state index is -1.28. The maximum atomic E-state index is 12.7. The van der Waals surface area contributed by atoms with Crippen LogP contribution >= 0.6 is 0 Å². The second-order valence-electron chi connectivity index (χ2n) is 6.31. The van der Waals surface area contributed by atoms with Gasteiger partial charge in [-0.3, -0.25) is 14.5 Å². The van der Waals surface area contributed by atoms with Crippen LogP contribution < -0.4 is 10.0 Å². The van der Waals surface area contributed by atoms with Crippen molar-refractivity contribution in [3.05, 3.63) is 41.5 Å². The van der Waals surface area contributed by atoms with Gasteiger partial charge in [0.15, 0.2) is 0 Å². The van der Waals surface area contributed by atoms with Crippen LogP contribution in [-0.4, -0.2) is 17.8 Å². The van der Waals surface area contributed by atoms with Crippen LogP contribution in [0.1, 0.15) is 23.7 Å². The maximum Gasteiger partial charge on any atom is 0.238 e. The highest BCUT2D eigenvalue weighted by Crippen LogP contribution is 2.55. The van der Waals surface area contributed by atoms with Gasteiger partial charge in [-0.2, -0.15) is 0 Å². The molecule has 0 aromatic heterocycles. The molecule has 5 nitrogen and oxygen atoms in total. The van der Waals surface area contributed by atoms with Crippen LogP contribution in [0, 0.1) is 23.7 Å². The number of hydrogen-bond donors (Lipinski definition) is 0. The Balaban J connectivity index is 1.69. The standard InChI is InChI=1S/C17H15NO4/c1-8-6-10-7-12(8)14-13(10)15(19)18(16(14)20)11-4-2-9(3-5-11)17(21)22/h2-6,10,12-14H,7H2,1H3,(H,21,22)/p-1/t10-,12-,13+,14+/m0/s1. The van der Waals surface area contributed by atoms with Crippen LogP contribution in [0.25, 0.3) is 0 Å². The van der Waals surface area contributed by atoms with Crippen molar-refractivity contribution in [1.82, 2.24) is 0 Å². The molecular formula is C17H14NO4-. The first-order chi connectivity index (χ1) is 10.5. The number of carbonyl (C=O) groups is 3. The molecule has 0 N–H and O–H groups in total. The summed E-state index contributed by atoms with van der Waals surface area (Å²) >= 11 is 0. The van der Waals surface area contributed by atoms with Crippen molar-refractivity contribution in [2.75, 3.05) is 4.90 Å². The monoisotopic (exact) mass is 296 g/mol. The summed E-state index contributed by atoms with van der Waals surface area (Å²) in [6.45, 7) is 2.02. The van der Waals surface area contributed by atoms with Gasteiger partial charge in [-0.25, -0.2) is 0 Å². The second-order valence-corrected chi connectivity index (χ2v) is 6.31. The quantitative estimate of drug-likeness (QED) is 0.596. The number of amides is 2. The van der Waals surface area contributed by atoms with Gasteiger partial charge in [0, 0.05) is 0 Å². The number of imide groups is 1. The van der Waals surface area contributed by atoms with E-state index in [1.54, 1.807) is 0 Å². The van der Waals surface area contributed by atoms with Crippen LogP contribution in [0.3, 0.4) is 0 Å². The number of carboxylic acids is 1. The van der Waals surface area contributed by atoms with Gasteiger partial charge in [0.1, 0.15) is 0 Å². The van der Waals surface area contributed by atoms with E-state index < -0.39 is 5.97 Å². The number of anilines is 1. The largest absolute Gasteiger partial charge is 0.545 e.